The maximum Gasteiger partial charge on any atom is 0.281 e. The molecule has 0 aliphatic heterocycles. The van der Waals surface area contributed by atoms with Gasteiger partial charge in [0, 0.05) is 6.07 Å². The van der Waals surface area contributed by atoms with Gasteiger partial charge in [-0.05, 0) is 54.4 Å². The molecule has 0 spiro atoms. The van der Waals surface area contributed by atoms with E-state index in [1.54, 1.807) is 0 Å². The fourth-order valence-corrected chi connectivity index (χ4v) is 5.49. The standard InChI is InChI=1S/C16H16N2O5/c19-17(20)8-2-1-7(12(3-8)18(21)22)6-23-13-5-11-14-9-4-10(9)16(14)15(11)13/h1-3,9-11,13-16H,4-6H2. The van der Waals surface area contributed by atoms with Crippen molar-refractivity contribution in [2.24, 2.45) is 35.5 Å². The first-order valence-electron chi connectivity index (χ1n) is 8.09. The molecule has 0 bridgehead atoms. The van der Waals surface area contributed by atoms with E-state index in [4.69, 9.17) is 4.74 Å². The van der Waals surface area contributed by atoms with Gasteiger partial charge in [0.2, 0.25) is 0 Å². The Morgan fingerprint density at radius 1 is 1.00 bits per heavy atom. The Morgan fingerprint density at radius 2 is 1.78 bits per heavy atom. The summed E-state index contributed by atoms with van der Waals surface area (Å²) in [5.41, 5.74) is -0.0782. The van der Waals surface area contributed by atoms with Crippen LogP contribution in [0.3, 0.4) is 0 Å². The van der Waals surface area contributed by atoms with E-state index in [9.17, 15) is 20.2 Å². The zero-order valence-electron chi connectivity index (χ0n) is 12.3. The van der Waals surface area contributed by atoms with E-state index in [1.807, 2.05) is 0 Å². The molecule has 7 unspecified atom stereocenters. The van der Waals surface area contributed by atoms with E-state index in [-0.39, 0.29) is 24.1 Å². The van der Waals surface area contributed by atoms with Gasteiger partial charge in [0.1, 0.15) is 0 Å². The van der Waals surface area contributed by atoms with Crippen LogP contribution in [-0.2, 0) is 11.3 Å². The van der Waals surface area contributed by atoms with Gasteiger partial charge in [-0.15, -0.1) is 0 Å². The van der Waals surface area contributed by atoms with Crippen LogP contribution in [0.4, 0.5) is 11.4 Å². The Bertz CT molecular complexity index is 735. The molecular weight excluding hydrogens is 300 g/mol. The average Bonchev–Trinajstić information content (AvgIpc) is 3.20. The smallest absolute Gasteiger partial charge is 0.281 e. The van der Waals surface area contributed by atoms with Crippen LogP contribution in [0.2, 0.25) is 0 Å². The maximum atomic E-state index is 11.1. The Morgan fingerprint density at radius 3 is 2.52 bits per heavy atom. The van der Waals surface area contributed by atoms with Gasteiger partial charge in [-0.2, -0.15) is 0 Å². The fourth-order valence-electron chi connectivity index (χ4n) is 5.49. The van der Waals surface area contributed by atoms with Crippen molar-refractivity contribution in [3.63, 3.8) is 0 Å². The lowest BCUT2D eigenvalue weighted by atomic mass is 9.38. The summed E-state index contributed by atoms with van der Waals surface area (Å²) < 4.78 is 5.93. The second-order valence-electron chi connectivity index (χ2n) is 7.37. The predicted octanol–water partition coefficient (Wildman–Crippen LogP) is 2.92. The van der Waals surface area contributed by atoms with Crippen LogP contribution < -0.4 is 0 Å². The zero-order chi connectivity index (χ0) is 15.9. The van der Waals surface area contributed by atoms with E-state index in [0.29, 0.717) is 11.5 Å². The van der Waals surface area contributed by atoms with Gasteiger partial charge < -0.3 is 4.74 Å². The number of rotatable bonds is 5. The number of nitro groups is 2. The first kappa shape index (κ1) is 13.4. The van der Waals surface area contributed by atoms with Crippen molar-refractivity contribution < 1.29 is 14.6 Å². The minimum absolute atomic E-state index is 0.160. The SMILES string of the molecule is O=[N+]([O-])c1ccc(COC2CC3C2C2C4CC4C32)c([N+](=O)[O-])c1. The second kappa shape index (κ2) is 4.29. The summed E-state index contributed by atoms with van der Waals surface area (Å²) in [7, 11) is 0. The van der Waals surface area contributed by atoms with Gasteiger partial charge in [-0.3, -0.25) is 20.2 Å². The van der Waals surface area contributed by atoms with Gasteiger partial charge in [0.05, 0.1) is 34.2 Å². The molecule has 120 valence electrons. The summed E-state index contributed by atoms with van der Waals surface area (Å²) in [6, 6.07) is 3.76. The molecule has 1 aromatic carbocycles. The van der Waals surface area contributed by atoms with Gasteiger partial charge in [-0.1, -0.05) is 0 Å². The number of benzene rings is 1. The van der Waals surface area contributed by atoms with Gasteiger partial charge in [-0.25, -0.2) is 0 Å². The number of hydrogen-bond acceptors (Lipinski definition) is 5. The summed E-state index contributed by atoms with van der Waals surface area (Å²) in [6.45, 7) is 0.160. The highest BCUT2D eigenvalue weighted by Gasteiger charge is 2.77. The third kappa shape index (κ3) is 1.68. The van der Waals surface area contributed by atoms with Crippen LogP contribution in [0.25, 0.3) is 0 Å². The molecule has 4 saturated carbocycles. The molecule has 4 aliphatic rings. The van der Waals surface area contributed by atoms with E-state index < -0.39 is 9.85 Å². The molecule has 4 fully saturated rings. The molecule has 7 nitrogen and oxygen atoms in total. The second-order valence-corrected chi connectivity index (χ2v) is 7.37. The monoisotopic (exact) mass is 316 g/mol. The quantitative estimate of drug-likeness (QED) is 0.614. The van der Waals surface area contributed by atoms with Crippen molar-refractivity contribution in [1.29, 1.82) is 0 Å². The van der Waals surface area contributed by atoms with Gasteiger partial charge in [0.25, 0.3) is 11.4 Å². The maximum absolute atomic E-state index is 11.1. The molecule has 4 aliphatic carbocycles. The van der Waals surface area contributed by atoms with Crippen LogP contribution >= 0.6 is 0 Å². The number of non-ortho nitro benzene ring substituents is 1. The first-order chi connectivity index (χ1) is 11.1. The molecule has 5 rings (SSSR count). The van der Waals surface area contributed by atoms with E-state index in [0.717, 1.165) is 42.1 Å². The summed E-state index contributed by atoms with van der Waals surface area (Å²) in [4.78, 5) is 20.7. The molecular formula is C16H16N2O5. The fraction of sp³-hybridized carbons (Fsp3) is 0.625. The Labute approximate surface area is 131 Å². The molecule has 1 aromatic rings. The number of hydrogen-bond donors (Lipinski definition) is 0. The van der Waals surface area contributed by atoms with E-state index in [1.165, 1.54) is 18.6 Å². The predicted molar refractivity (Wildman–Crippen MR) is 78.5 cm³/mol. The number of nitrogens with zero attached hydrogens (tertiary/aromatic N) is 2. The third-order valence-corrected chi connectivity index (χ3v) is 6.62. The van der Waals surface area contributed by atoms with Crippen LogP contribution in [0.1, 0.15) is 18.4 Å². The highest BCUT2D eigenvalue weighted by atomic mass is 16.6. The Balaban J connectivity index is 1.27. The summed E-state index contributed by atoms with van der Waals surface area (Å²) in [5.74, 6) is 5.27. The van der Waals surface area contributed by atoms with Crippen LogP contribution in [-0.4, -0.2) is 16.0 Å². The number of nitro benzene ring substituents is 2. The lowest BCUT2D eigenvalue weighted by Crippen LogP contribution is -2.67. The number of ether oxygens (including phenoxy) is 1. The molecule has 0 aromatic heterocycles. The topological polar surface area (TPSA) is 95.5 Å². The third-order valence-electron chi connectivity index (χ3n) is 6.62. The van der Waals surface area contributed by atoms with Gasteiger partial charge in [0.15, 0.2) is 0 Å². The van der Waals surface area contributed by atoms with Crippen LogP contribution in [0, 0.1) is 55.7 Å². The average molecular weight is 316 g/mol. The summed E-state index contributed by atoms with van der Waals surface area (Å²) in [6.07, 6.45) is 2.70. The molecule has 0 amide bonds. The number of fused-ring (bicyclic) bond motifs is 7. The Hall–Kier alpha value is -2.02. The first-order valence-corrected chi connectivity index (χ1v) is 8.09. The summed E-state index contributed by atoms with van der Waals surface area (Å²) in [5, 5.41) is 21.9. The van der Waals surface area contributed by atoms with Crippen molar-refractivity contribution in [1.82, 2.24) is 0 Å². The minimum atomic E-state index is -0.620. The van der Waals surface area contributed by atoms with E-state index in [2.05, 4.69) is 0 Å². The minimum Gasteiger partial charge on any atom is -0.373 e. The molecule has 7 heteroatoms. The van der Waals surface area contributed by atoms with Crippen molar-refractivity contribution >= 4 is 11.4 Å². The van der Waals surface area contributed by atoms with Crippen molar-refractivity contribution in [3.8, 4) is 0 Å². The highest BCUT2D eigenvalue weighted by molar-refractivity contribution is 5.48. The van der Waals surface area contributed by atoms with Crippen LogP contribution in [0.15, 0.2) is 18.2 Å². The van der Waals surface area contributed by atoms with Crippen molar-refractivity contribution in [3.05, 3.63) is 44.0 Å². The molecule has 0 radical (unpaired) electrons. The normalized spacial score (nSPS) is 41.3. The molecule has 0 saturated heterocycles. The van der Waals surface area contributed by atoms with E-state index >= 15 is 0 Å². The van der Waals surface area contributed by atoms with Crippen LogP contribution in [0.5, 0.6) is 0 Å². The lowest BCUT2D eigenvalue weighted by molar-refractivity contribution is -0.394. The molecule has 23 heavy (non-hydrogen) atoms. The largest absolute Gasteiger partial charge is 0.373 e. The summed E-state index contributed by atoms with van der Waals surface area (Å²) >= 11 is 0. The highest BCUT2D eigenvalue weighted by Crippen LogP contribution is 2.81. The van der Waals surface area contributed by atoms with Crippen molar-refractivity contribution in [2.75, 3.05) is 0 Å². The Kier molecular flexibility index (Phi) is 2.50. The zero-order valence-corrected chi connectivity index (χ0v) is 12.3. The lowest BCUT2D eigenvalue weighted by Gasteiger charge is -2.68. The molecule has 7 atom stereocenters. The van der Waals surface area contributed by atoms with Crippen molar-refractivity contribution in [2.45, 2.75) is 25.6 Å². The molecule has 0 heterocycles. The molecule has 0 N–H and O–H groups in total. The van der Waals surface area contributed by atoms with Gasteiger partial charge >= 0.3 is 0 Å².